The molecule has 1 aromatic heterocycles. The van der Waals surface area contributed by atoms with Gasteiger partial charge in [0.1, 0.15) is 0 Å². The van der Waals surface area contributed by atoms with Gasteiger partial charge in [0, 0.05) is 17.5 Å². The van der Waals surface area contributed by atoms with Gasteiger partial charge in [0.25, 0.3) is 0 Å². The zero-order valence-electron chi connectivity index (χ0n) is 38.5. The van der Waals surface area contributed by atoms with Gasteiger partial charge in [0.05, 0.1) is 11.4 Å². The Morgan fingerprint density at radius 3 is 1.58 bits per heavy atom. The van der Waals surface area contributed by atoms with Crippen LogP contribution in [0.5, 0.6) is 0 Å². The first-order chi connectivity index (χ1) is 32.2. The maximum atomic E-state index is 5.41. The van der Waals surface area contributed by atoms with Gasteiger partial charge in [0.2, 0.25) is 0 Å². The van der Waals surface area contributed by atoms with E-state index in [1.807, 2.05) is 12.2 Å². The summed E-state index contributed by atoms with van der Waals surface area (Å²) in [4.78, 5) is 10.8. The van der Waals surface area contributed by atoms with Crippen LogP contribution in [0.25, 0.3) is 72.7 Å². The highest BCUT2D eigenvalue weighted by atomic mass is 14.9. The molecular formula is C64H56N2. The normalized spacial score (nSPS) is 11.8. The Hall–Kier alpha value is -7.94. The van der Waals surface area contributed by atoms with Gasteiger partial charge in [-0.3, -0.25) is 0 Å². The first-order valence-electron chi connectivity index (χ1n) is 22.7. The molecule has 0 atom stereocenters. The largest absolute Gasteiger partial charge is 0.232 e. The second-order valence-corrected chi connectivity index (χ2v) is 16.9. The fourth-order valence-corrected chi connectivity index (χ4v) is 8.41. The SMILES string of the molecule is C=C/C=C\C=C/Cc1nc(-c2cc(-c3ccc(C/C=C\C=C(/C(=C)C)c4ccccc4C)cc3)cc(-c3cc(-c4ccccc4)cc(-c4ccccc4)c3)c2)nc(-c2ccccc2C)c1C. The molecule has 322 valence electrons. The van der Waals surface area contributed by atoms with Crippen molar-refractivity contribution >= 4 is 5.57 Å². The molecule has 0 aliphatic heterocycles. The monoisotopic (exact) mass is 852 g/mol. The van der Waals surface area contributed by atoms with E-state index in [-0.39, 0.29) is 0 Å². The van der Waals surface area contributed by atoms with Crippen LogP contribution in [-0.2, 0) is 12.8 Å². The van der Waals surface area contributed by atoms with Crippen molar-refractivity contribution in [2.24, 2.45) is 0 Å². The fourth-order valence-electron chi connectivity index (χ4n) is 8.41. The van der Waals surface area contributed by atoms with Crippen molar-refractivity contribution in [3.8, 4) is 67.2 Å². The van der Waals surface area contributed by atoms with Crippen LogP contribution in [0.2, 0.25) is 0 Å². The lowest BCUT2D eigenvalue weighted by Gasteiger charge is -2.16. The highest BCUT2D eigenvalue weighted by Crippen LogP contribution is 2.38. The molecule has 1 heterocycles. The lowest BCUT2D eigenvalue weighted by molar-refractivity contribution is 1.03. The van der Waals surface area contributed by atoms with E-state index >= 15 is 0 Å². The molecule has 0 fully saturated rings. The standard InChI is InChI=1S/C64H56N2/c1-7-8-9-10-17-34-62-48(6)63(61-33-22-19-25-47(61)5)66-64(65-62)58-43-55(52-37-35-49(36-38-52)26-20-23-31-59(45(2)3)60-32-21-18-24-46(60)4)42-57(44-58)56-40-53(50-27-13-11-14-28-50)39-54(41-56)51-29-15-12-16-30-51/h7-25,27-33,35-44H,1-2,26,34H2,3-6H3/b9-8-,17-10-,23-20-,59-31+. The zero-order chi connectivity index (χ0) is 45.8. The summed E-state index contributed by atoms with van der Waals surface area (Å²) >= 11 is 0. The molecule has 2 heteroatoms. The van der Waals surface area contributed by atoms with Crippen LogP contribution in [0, 0.1) is 20.8 Å². The molecule has 0 N–H and O–H groups in total. The molecule has 2 nitrogen and oxygen atoms in total. The quantitative estimate of drug-likeness (QED) is 0.0960. The average Bonchev–Trinajstić information content (AvgIpc) is 3.35. The number of rotatable bonds is 15. The molecule has 0 amide bonds. The third-order valence-corrected chi connectivity index (χ3v) is 12.1. The Balaban J connectivity index is 1.25. The summed E-state index contributed by atoms with van der Waals surface area (Å²) in [7, 11) is 0. The molecule has 0 saturated carbocycles. The van der Waals surface area contributed by atoms with Crippen molar-refractivity contribution in [3.05, 3.63) is 271 Å². The van der Waals surface area contributed by atoms with Gasteiger partial charge in [-0.05, 0) is 148 Å². The number of nitrogens with zero attached hydrogens (tertiary/aromatic N) is 2. The second-order valence-electron chi connectivity index (χ2n) is 16.9. The highest BCUT2D eigenvalue weighted by molar-refractivity contribution is 5.86. The molecule has 0 radical (unpaired) electrons. The summed E-state index contributed by atoms with van der Waals surface area (Å²) in [6.45, 7) is 16.6. The number of allylic oxidation sites excluding steroid dienone is 10. The van der Waals surface area contributed by atoms with E-state index < -0.39 is 0 Å². The van der Waals surface area contributed by atoms with Gasteiger partial charge < -0.3 is 0 Å². The Labute approximate surface area is 392 Å². The highest BCUT2D eigenvalue weighted by Gasteiger charge is 2.18. The van der Waals surface area contributed by atoms with Gasteiger partial charge in [-0.15, -0.1) is 0 Å². The van der Waals surface area contributed by atoms with E-state index in [0.29, 0.717) is 12.2 Å². The predicted molar refractivity (Wildman–Crippen MR) is 283 cm³/mol. The second kappa shape index (κ2) is 21.2. The molecular weight excluding hydrogens is 797 g/mol. The van der Waals surface area contributed by atoms with E-state index in [4.69, 9.17) is 9.97 Å². The smallest absolute Gasteiger partial charge is 0.160 e. The maximum Gasteiger partial charge on any atom is 0.160 e. The van der Waals surface area contributed by atoms with Crippen LogP contribution in [0.15, 0.2) is 237 Å². The van der Waals surface area contributed by atoms with Crippen LogP contribution in [0.1, 0.15) is 40.4 Å². The summed E-state index contributed by atoms with van der Waals surface area (Å²) in [6.07, 6.45) is 18.0. The van der Waals surface area contributed by atoms with Crippen molar-refractivity contribution in [1.29, 1.82) is 0 Å². The van der Waals surface area contributed by atoms with Crippen LogP contribution in [0.4, 0.5) is 0 Å². The van der Waals surface area contributed by atoms with Gasteiger partial charge >= 0.3 is 0 Å². The molecule has 8 rings (SSSR count). The molecule has 7 aromatic carbocycles. The number of hydrogen-bond acceptors (Lipinski definition) is 2. The summed E-state index contributed by atoms with van der Waals surface area (Å²) in [6, 6.07) is 61.0. The first kappa shape index (κ1) is 44.7. The lowest BCUT2D eigenvalue weighted by Crippen LogP contribution is -2.03. The van der Waals surface area contributed by atoms with Crippen LogP contribution < -0.4 is 0 Å². The maximum absolute atomic E-state index is 5.41. The van der Waals surface area contributed by atoms with Crippen LogP contribution in [0.3, 0.4) is 0 Å². The van der Waals surface area contributed by atoms with Crippen molar-refractivity contribution in [2.75, 3.05) is 0 Å². The van der Waals surface area contributed by atoms with Crippen molar-refractivity contribution in [3.63, 3.8) is 0 Å². The predicted octanol–water partition coefficient (Wildman–Crippen LogP) is 17.0. The van der Waals surface area contributed by atoms with E-state index in [1.165, 1.54) is 33.4 Å². The van der Waals surface area contributed by atoms with E-state index in [1.54, 1.807) is 6.08 Å². The molecule has 0 saturated heterocycles. The lowest BCUT2D eigenvalue weighted by atomic mass is 9.90. The minimum absolute atomic E-state index is 0.667. The van der Waals surface area contributed by atoms with E-state index in [2.05, 4.69) is 241 Å². The van der Waals surface area contributed by atoms with Crippen molar-refractivity contribution in [2.45, 2.75) is 40.5 Å². The summed E-state index contributed by atoms with van der Waals surface area (Å²) in [5.74, 6) is 0.698. The van der Waals surface area contributed by atoms with Gasteiger partial charge in [-0.1, -0.05) is 201 Å². The molecule has 0 bridgehead atoms. The summed E-state index contributed by atoms with van der Waals surface area (Å²) in [5.41, 5.74) is 21.3. The Bertz CT molecular complexity index is 3070. The van der Waals surface area contributed by atoms with Gasteiger partial charge in [-0.2, -0.15) is 0 Å². The van der Waals surface area contributed by atoms with Crippen LogP contribution in [-0.4, -0.2) is 9.97 Å². The number of aryl methyl sites for hydroxylation is 2. The molecule has 0 spiro atoms. The van der Waals surface area contributed by atoms with Crippen molar-refractivity contribution in [1.82, 2.24) is 9.97 Å². The number of hydrogen-bond donors (Lipinski definition) is 0. The molecule has 66 heavy (non-hydrogen) atoms. The minimum atomic E-state index is 0.667. The number of benzene rings is 7. The summed E-state index contributed by atoms with van der Waals surface area (Å²) < 4.78 is 0. The molecule has 0 unspecified atom stereocenters. The van der Waals surface area contributed by atoms with E-state index in [0.717, 1.165) is 79.0 Å². The fraction of sp³-hybridized carbons (Fsp3) is 0.0938. The van der Waals surface area contributed by atoms with Crippen molar-refractivity contribution < 1.29 is 0 Å². The molecule has 0 aliphatic rings. The van der Waals surface area contributed by atoms with Gasteiger partial charge in [0.15, 0.2) is 5.82 Å². The minimum Gasteiger partial charge on any atom is -0.232 e. The third-order valence-electron chi connectivity index (χ3n) is 12.1. The topological polar surface area (TPSA) is 25.8 Å². The molecule has 0 aliphatic carbocycles. The third kappa shape index (κ3) is 10.7. The summed E-state index contributed by atoms with van der Waals surface area (Å²) in [5, 5.41) is 0. The van der Waals surface area contributed by atoms with Crippen LogP contribution >= 0.6 is 0 Å². The van der Waals surface area contributed by atoms with Gasteiger partial charge in [-0.25, -0.2) is 9.97 Å². The zero-order valence-corrected chi connectivity index (χ0v) is 38.5. The van der Waals surface area contributed by atoms with E-state index in [9.17, 15) is 0 Å². The Morgan fingerprint density at radius 1 is 0.485 bits per heavy atom. The Morgan fingerprint density at radius 2 is 1.00 bits per heavy atom. The molecule has 8 aromatic rings. The number of aromatic nitrogens is 2. The first-order valence-corrected chi connectivity index (χ1v) is 22.7. The average molecular weight is 853 g/mol. The Kier molecular flexibility index (Phi) is 14.3.